The van der Waals surface area contributed by atoms with Gasteiger partial charge in [0.15, 0.2) is 0 Å². The van der Waals surface area contributed by atoms with Crippen LogP contribution in [0.1, 0.15) is 19.3 Å². The van der Waals surface area contributed by atoms with E-state index in [1.807, 2.05) is 16.9 Å². The van der Waals surface area contributed by atoms with Gasteiger partial charge in [0.05, 0.1) is 6.26 Å². The van der Waals surface area contributed by atoms with Gasteiger partial charge in [-0.2, -0.15) is 5.10 Å². The Kier molecular flexibility index (Phi) is 5.78. The highest BCUT2D eigenvalue weighted by Crippen LogP contribution is 2.10. The van der Waals surface area contributed by atoms with E-state index in [9.17, 15) is 13.2 Å². The van der Waals surface area contributed by atoms with Crippen molar-refractivity contribution < 1.29 is 13.2 Å². The van der Waals surface area contributed by atoms with Crippen molar-refractivity contribution in [3.05, 3.63) is 18.5 Å². The van der Waals surface area contributed by atoms with Crippen molar-refractivity contribution in [1.82, 2.24) is 24.7 Å². The number of piperidine rings is 1. The molecular weight excluding hydrogens is 306 g/mol. The molecule has 22 heavy (non-hydrogen) atoms. The normalized spacial score (nSPS) is 19.1. The SMILES string of the molecule is CS(=O)(=O)N[C@@H]1CCCN(C(=O)NCCCn2cccn2)C1. The summed E-state index contributed by atoms with van der Waals surface area (Å²) in [6, 6.07) is 1.53. The van der Waals surface area contributed by atoms with E-state index in [-0.39, 0.29) is 12.1 Å². The zero-order valence-corrected chi connectivity index (χ0v) is 13.6. The maximum atomic E-state index is 12.1. The Balaban J connectivity index is 1.70. The molecule has 1 atom stereocenters. The second-order valence-corrected chi connectivity index (χ2v) is 7.31. The molecule has 0 saturated carbocycles. The maximum Gasteiger partial charge on any atom is 0.317 e. The summed E-state index contributed by atoms with van der Waals surface area (Å²) in [5, 5.41) is 6.96. The smallest absolute Gasteiger partial charge is 0.317 e. The van der Waals surface area contributed by atoms with E-state index >= 15 is 0 Å². The minimum absolute atomic E-state index is 0.138. The third-order valence-electron chi connectivity index (χ3n) is 3.49. The number of rotatable bonds is 6. The van der Waals surface area contributed by atoms with Crippen LogP contribution in [0.25, 0.3) is 0 Å². The molecule has 2 rings (SSSR count). The van der Waals surface area contributed by atoms with Crippen LogP contribution in [0.15, 0.2) is 18.5 Å². The standard InChI is InChI=1S/C13H23N5O3S/c1-22(20,21)16-12-5-2-8-17(11-12)13(19)14-6-3-9-18-10-4-7-15-18/h4,7,10,12,16H,2-3,5-6,8-9,11H2,1H3,(H,14,19)/t12-/m1/s1. The second-order valence-electron chi connectivity index (χ2n) is 5.53. The predicted molar refractivity (Wildman–Crippen MR) is 82.8 cm³/mol. The number of likely N-dealkylation sites (tertiary alicyclic amines) is 1. The van der Waals surface area contributed by atoms with Crippen molar-refractivity contribution in [2.24, 2.45) is 0 Å². The van der Waals surface area contributed by atoms with E-state index < -0.39 is 10.0 Å². The molecule has 0 unspecified atom stereocenters. The molecule has 1 aliphatic rings. The topological polar surface area (TPSA) is 96.3 Å². The van der Waals surface area contributed by atoms with Crippen molar-refractivity contribution >= 4 is 16.1 Å². The first-order chi connectivity index (χ1) is 10.4. The van der Waals surface area contributed by atoms with Crippen LogP contribution >= 0.6 is 0 Å². The summed E-state index contributed by atoms with van der Waals surface area (Å²) < 4.78 is 26.9. The summed E-state index contributed by atoms with van der Waals surface area (Å²) in [5.41, 5.74) is 0. The molecule has 124 valence electrons. The number of urea groups is 1. The molecule has 1 fully saturated rings. The Morgan fingerprint density at radius 1 is 1.45 bits per heavy atom. The summed E-state index contributed by atoms with van der Waals surface area (Å²) in [4.78, 5) is 13.8. The van der Waals surface area contributed by atoms with E-state index in [1.54, 1.807) is 11.1 Å². The monoisotopic (exact) mass is 329 g/mol. The summed E-state index contributed by atoms with van der Waals surface area (Å²) in [7, 11) is -3.24. The summed E-state index contributed by atoms with van der Waals surface area (Å²) in [6.45, 7) is 2.40. The molecule has 1 saturated heterocycles. The van der Waals surface area contributed by atoms with Crippen LogP contribution in [0.4, 0.5) is 4.79 Å². The lowest BCUT2D eigenvalue weighted by Gasteiger charge is -2.32. The lowest BCUT2D eigenvalue weighted by Crippen LogP contribution is -2.52. The number of aromatic nitrogens is 2. The van der Waals surface area contributed by atoms with Gasteiger partial charge in [-0.1, -0.05) is 0 Å². The largest absolute Gasteiger partial charge is 0.338 e. The van der Waals surface area contributed by atoms with Crippen LogP contribution < -0.4 is 10.0 Å². The van der Waals surface area contributed by atoms with Crippen molar-refractivity contribution in [1.29, 1.82) is 0 Å². The van der Waals surface area contributed by atoms with E-state index in [1.165, 1.54) is 0 Å². The Bertz CT molecular complexity index is 573. The Morgan fingerprint density at radius 2 is 2.27 bits per heavy atom. The van der Waals surface area contributed by atoms with Gasteiger partial charge in [0.2, 0.25) is 10.0 Å². The number of hydrogen-bond acceptors (Lipinski definition) is 4. The van der Waals surface area contributed by atoms with Gasteiger partial charge < -0.3 is 10.2 Å². The first-order valence-electron chi connectivity index (χ1n) is 7.41. The number of nitrogens with zero attached hydrogens (tertiary/aromatic N) is 3. The average molecular weight is 329 g/mol. The fourth-order valence-corrected chi connectivity index (χ4v) is 3.34. The highest BCUT2D eigenvalue weighted by atomic mass is 32.2. The number of nitrogens with one attached hydrogen (secondary N) is 2. The molecule has 0 aliphatic carbocycles. The van der Waals surface area contributed by atoms with Gasteiger partial charge in [-0.05, 0) is 25.3 Å². The Labute approximate surface area is 130 Å². The third kappa shape index (κ3) is 5.64. The average Bonchev–Trinajstić information content (AvgIpc) is 2.95. The van der Waals surface area contributed by atoms with Gasteiger partial charge in [-0.15, -0.1) is 0 Å². The molecule has 8 nitrogen and oxygen atoms in total. The minimum atomic E-state index is -3.24. The molecule has 2 heterocycles. The van der Waals surface area contributed by atoms with Crippen LogP contribution in [0.3, 0.4) is 0 Å². The van der Waals surface area contributed by atoms with Crippen molar-refractivity contribution in [3.63, 3.8) is 0 Å². The van der Waals surface area contributed by atoms with Crippen LogP contribution in [-0.2, 0) is 16.6 Å². The second kappa shape index (κ2) is 7.59. The third-order valence-corrected chi connectivity index (χ3v) is 4.25. The zero-order valence-electron chi connectivity index (χ0n) is 12.7. The first kappa shape index (κ1) is 16.8. The molecule has 1 aromatic heterocycles. The number of carbonyl (C=O) groups excluding carboxylic acids is 1. The van der Waals surface area contributed by atoms with Crippen LogP contribution in [-0.4, -0.2) is 61.1 Å². The number of carbonyl (C=O) groups is 1. The quantitative estimate of drug-likeness (QED) is 0.718. The van der Waals surface area contributed by atoms with Gasteiger partial charge in [-0.3, -0.25) is 4.68 Å². The minimum Gasteiger partial charge on any atom is -0.338 e. The lowest BCUT2D eigenvalue weighted by molar-refractivity contribution is 0.177. The van der Waals surface area contributed by atoms with Crippen molar-refractivity contribution in [3.8, 4) is 0 Å². The number of sulfonamides is 1. The maximum absolute atomic E-state index is 12.1. The highest BCUT2D eigenvalue weighted by Gasteiger charge is 2.25. The fraction of sp³-hybridized carbons (Fsp3) is 0.692. The molecule has 1 aromatic rings. The van der Waals surface area contributed by atoms with E-state index in [0.29, 0.717) is 19.6 Å². The van der Waals surface area contributed by atoms with Crippen molar-refractivity contribution in [2.45, 2.75) is 31.8 Å². The van der Waals surface area contributed by atoms with E-state index in [4.69, 9.17) is 0 Å². The summed E-state index contributed by atoms with van der Waals surface area (Å²) in [5.74, 6) is 0. The molecule has 0 aromatic carbocycles. The molecule has 0 bridgehead atoms. The zero-order chi connectivity index (χ0) is 16.0. The van der Waals surface area contributed by atoms with Gasteiger partial charge >= 0.3 is 6.03 Å². The fourth-order valence-electron chi connectivity index (χ4n) is 2.54. The van der Waals surface area contributed by atoms with Gasteiger partial charge in [0.1, 0.15) is 0 Å². The predicted octanol–water partition coefficient (Wildman–Crippen LogP) is -0.00360. The Morgan fingerprint density at radius 3 is 2.95 bits per heavy atom. The summed E-state index contributed by atoms with van der Waals surface area (Å²) >= 11 is 0. The first-order valence-corrected chi connectivity index (χ1v) is 9.31. The number of aryl methyl sites for hydroxylation is 1. The van der Waals surface area contributed by atoms with Gasteiger partial charge in [0.25, 0.3) is 0 Å². The molecule has 1 aliphatic heterocycles. The van der Waals surface area contributed by atoms with Gasteiger partial charge in [0, 0.05) is 44.6 Å². The Hall–Kier alpha value is -1.61. The number of hydrogen-bond donors (Lipinski definition) is 2. The van der Waals surface area contributed by atoms with Crippen LogP contribution in [0.2, 0.25) is 0 Å². The number of amides is 2. The molecule has 9 heteroatoms. The molecule has 2 N–H and O–H groups in total. The molecule has 0 radical (unpaired) electrons. The summed E-state index contributed by atoms with van der Waals surface area (Å²) in [6.07, 6.45) is 7.10. The van der Waals surface area contributed by atoms with Crippen molar-refractivity contribution in [2.75, 3.05) is 25.9 Å². The lowest BCUT2D eigenvalue weighted by atomic mass is 10.1. The van der Waals surface area contributed by atoms with E-state index in [0.717, 1.165) is 32.1 Å². The molecular formula is C13H23N5O3S. The van der Waals surface area contributed by atoms with Crippen LogP contribution in [0, 0.1) is 0 Å². The van der Waals surface area contributed by atoms with Gasteiger partial charge in [-0.25, -0.2) is 17.9 Å². The molecule has 2 amide bonds. The highest BCUT2D eigenvalue weighted by molar-refractivity contribution is 7.88. The van der Waals surface area contributed by atoms with E-state index in [2.05, 4.69) is 15.1 Å². The van der Waals surface area contributed by atoms with Crippen LogP contribution in [0.5, 0.6) is 0 Å². The molecule has 0 spiro atoms.